The molecule has 0 saturated heterocycles. The first-order valence-electron chi connectivity index (χ1n) is 8.67. The Morgan fingerprint density at radius 1 is 0.750 bits per heavy atom. The molecule has 0 unspecified atom stereocenters. The van der Waals surface area contributed by atoms with Gasteiger partial charge in [0.1, 0.15) is 4.32 Å². The molecular weight excluding hydrogens is 282 g/mol. The van der Waals surface area contributed by atoms with Crippen LogP contribution in [0.25, 0.3) is 0 Å². The third-order valence-electron chi connectivity index (χ3n) is 3.75. The Labute approximate surface area is 137 Å². The second-order valence-electron chi connectivity index (χ2n) is 5.47. The molecule has 0 saturated carbocycles. The molecule has 3 heteroatoms. The second kappa shape index (κ2) is 15.6. The standard InChI is InChI=1S/C17H35NS2/c1-4-7-8-9-10-11-12-13-14-15-16-20-17(19)18(5-2)6-3/h4-16H2,1-3H3. The molecule has 0 radical (unpaired) electrons. The minimum atomic E-state index is 1.04. The van der Waals surface area contributed by atoms with Crippen molar-refractivity contribution in [3.63, 3.8) is 0 Å². The van der Waals surface area contributed by atoms with Gasteiger partial charge in [0.2, 0.25) is 0 Å². The van der Waals surface area contributed by atoms with Crippen molar-refractivity contribution in [2.24, 2.45) is 0 Å². The summed E-state index contributed by atoms with van der Waals surface area (Å²) in [5.41, 5.74) is 0. The van der Waals surface area contributed by atoms with Gasteiger partial charge in [-0.05, 0) is 20.3 Å². The van der Waals surface area contributed by atoms with Crippen molar-refractivity contribution in [2.75, 3.05) is 18.8 Å². The van der Waals surface area contributed by atoms with Gasteiger partial charge in [0.25, 0.3) is 0 Å². The SMILES string of the molecule is CCCCCCCCCCCCSC(=S)N(CC)CC. The van der Waals surface area contributed by atoms with Gasteiger partial charge in [-0.15, -0.1) is 0 Å². The summed E-state index contributed by atoms with van der Waals surface area (Å²) < 4.78 is 1.09. The van der Waals surface area contributed by atoms with Gasteiger partial charge in [0.05, 0.1) is 0 Å². The largest absolute Gasteiger partial charge is 0.358 e. The van der Waals surface area contributed by atoms with Gasteiger partial charge in [-0.3, -0.25) is 0 Å². The van der Waals surface area contributed by atoms with Gasteiger partial charge in [0.15, 0.2) is 0 Å². The first kappa shape index (κ1) is 20.2. The zero-order chi connectivity index (χ0) is 15.1. The maximum Gasteiger partial charge on any atom is 0.136 e. The fraction of sp³-hybridized carbons (Fsp3) is 0.941. The van der Waals surface area contributed by atoms with Crippen LogP contribution in [0.5, 0.6) is 0 Å². The molecule has 0 N–H and O–H groups in total. The molecule has 0 fully saturated rings. The van der Waals surface area contributed by atoms with Gasteiger partial charge >= 0.3 is 0 Å². The Balaban J connectivity index is 3.22. The molecule has 0 atom stereocenters. The van der Waals surface area contributed by atoms with E-state index in [0.717, 1.165) is 17.4 Å². The Bertz CT molecular complexity index is 215. The van der Waals surface area contributed by atoms with Crippen molar-refractivity contribution in [3.8, 4) is 0 Å². The number of rotatable bonds is 13. The number of unbranched alkanes of at least 4 members (excludes halogenated alkanes) is 9. The maximum atomic E-state index is 5.43. The van der Waals surface area contributed by atoms with Gasteiger partial charge in [-0.25, -0.2) is 0 Å². The van der Waals surface area contributed by atoms with E-state index in [4.69, 9.17) is 12.2 Å². The molecule has 0 amide bonds. The molecule has 0 spiro atoms. The van der Waals surface area contributed by atoms with Crippen molar-refractivity contribution in [2.45, 2.75) is 85.0 Å². The predicted octanol–water partition coefficient (Wildman–Crippen LogP) is 6.27. The average Bonchev–Trinajstić information content (AvgIpc) is 2.46. The fourth-order valence-corrected chi connectivity index (χ4v) is 3.79. The summed E-state index contributed by atoms with van der Waals surface area (Å²) in [4.78, 5) is 2.27. The predicted molar refractivity (Wildman–Crippen MR) is 99.8 cm³/mol. The third kappa shape index (κ3) is 12.0. The molecule has 0 aromatic heterocycles. The van der Waals surface area contributed by atoms with Crippen LogP contribution < -0.4 is 0 Å². The minimum absolute atomic E-state index is 1.04. The minimum Gasteiger partial charge on any atom is -0.358 e. The van der Waals surface area contributed by atoms with Crippen molar-refractivity contribution in [3.05, 3.63) is 0 Å². The lowest BCUT2D eigenvalue weighted by atomic mass is 10.1. The maximum absolute atomic E-state index is 5.43. The molecule has 0 rings (SSSR count). The quantitative estimate of drug-likeness (QED) is 0.291. The van der Waals surface area contributed by atoms with Crippen LogP contribution in [0, 0.1) is 0 Å². The molecule has 0 aliphatic heterocycles. The molecule has 0 heterocycles. The number of hydrogen-bond acceptors (Lipinski definition) is 2. The van der Waals surface area contributed by atoms with E-state index in [9.17, 15) is 0 Å². The highest BCUT2D eigenvalue weighted by atomic mass is 32.2. The van der Waals surface area contributed by atoms with E-state index in [1.165, 1.54) is 70.0 Å². The van der Waals surface area contributed by atoms with Gasteiger partial charge in [-0.2, -0.15) is 0 Å². The normalized spacial score (nSPS) is 10.8. The number of hydrogen-bond donors (Lipinski definition) is 0. The van der Waals surface area contributed by atoms with Crippen LogP contribution in [0.1, 0.15) is 85.0 Å². The lowest BCUT2D eigenvalue weighted by molar-refractivity contribution is 0.482. The highest BCUT2D eigenvalue weighted by Crippen LogP contribution is 2.14. The summed E-state index contributed by atoms with van der Waals surface area (Å²) in [5, 5.41) is 0. The third-order valence-corrected chi connectivity index (χ3v) is 5.35. The molecule has 0 aromatic rings. The molecule has 0 bridgehead atoms. The summed E-state index contributed by atoms with van der Waals surface area (Å²) >= 11 is 7.30. The van der Waals surface area contributed by atoms with Crippen molar-refractivity contribution in [1.29, 1.82) is 0 Å². The summed E-state index contributed by atoms with van der Waals surface area (Å²) in [6.07, 6.45) is 14.1. The smallest absolute Gasteiger partial charge is 0.136 e. The van der Waals surface area contributed by atoms with Crippen LogP contribution in [0.2, 0.25) is 0 Å². The van der Waals surface area contributed by atoms with Crippen molar-refractivity contribution < 1.29 is 0 Å². The van der Waals surface area contributed by atoms with Crippen LogP contribution in [0.15, 0.2) is 0 Å². The van der Waals surface area contributed by atoms with Gasteiger partial charge in [-0.1, -0.05) is 88.7 Å². The van der Waals surface area contributed by atoms with Crippen LogP contribution in [-0.4, -0.2) is 28.1 Å². The molecule has 1 nitrogen and oxygen atoms in total. The van der Waals surface area contributed by atoms with E-state index < -0.39 is 0 Å². The molecular formula is C17H35NS2. The van der Waals surface area contributed by atoms with Crippen LogP contribution >= 0.6 is 24.0 Å². The van der Waals surface area contributed by atoms with E-state index in [1.54, 1.807) is 0 Å². The Morgan fingerprint density at radius 2 is 1.20 bits per heavy atom. The molecule has 20 heavy (non-hydrogen) atoms. The molecule has 0 aliphatic carbocycles. The second-order valence-corrected chi connectivity index (χ2v) is 7.20. The Hall–Kier alpha value is 0.240. The Kier molecular flexibility index (Phi) is 15.8. The van der Waals surface area contributed by atoms with E-state index in [1.807, 2.05) is 11.8 Å². The van der Waals surface area contributed by atoms with Crippen molar-refractivity contribution >= 4 is 28.3 Å². The van der Waals surface area contributed by atoms with E-state index in [2.05, 4.69) is 25.7 Å². The number of nitrogens with zero attached hydrogens (tertiary/aromatic N) is 1. The topological polar surface area (TPSA) is 3.24 Å². The van der Waals surface area contributed by atoms with E-state index in [-0.39, 0.29) is 0 Å². The lowest BCUT2D eigenvalue weighted by Crippen LogP contribution is -2.26. The highest BCUT2D eigenvalue weighted by Gasteiger charge is 2.04. The van der Waals surface area contributed by atoms with Crippen LogP contribution in [0.3, 0.4) is 0 Å². The summed E-state index contributed by atoms with van der Waals surface area (Å²) in [6.45, 7) is 8.72. The zero-order valence-corrected chi connectivity index (χ0v) is 15.6. The van der Waals surface area contributed by atoms with Gasteiger partial charge in [0, 0.05) is 18.8 Å². The first-order valence-corrected chi connectivity index (χ1v) is 10.1. The summed E-state index contributed by atoms with van der Waals surface area (Å²) in [6, 6.07) is 0. The highest BCUT2D eigenvalue weighted by molar-refractivity contribution is 8.22. The first-order chi connectivity index (χ1) is 9.76. The van der Waals surface area contributed by atoms with Crippen molar-refractivity contribution in [1.82, 2.24) is 4.90 Å². The van der Waals surface area contributed by atoms with Crippen LogP contribution in [0.4, 0.5) is 0 Å². The zero-order valence-electron chi connectivity index (χ0n) is 14.0. The monoisotopic (exact) mass is 317 g/mol. The van der Waals surface area contributed by atoms with Crippen LogP contribution in [-0.2, 0) is 0 Å². The number of thiocarbonyl (C=S) groups is 1. The fourth-order valence-electron chi connectivity index (χ4n) is 2.32. The summed E-state index contributed by atoms with van der Waals surface area (Å²) in [7, 11) is 0. The number of thioether (sulfide) groups is 1. The molecule has 0 aliphatic rings. The van der Waals surface area contributed by atoms with Gasteiger partial charge < -0.3 is 4.90 Å². The van der Waals surface area contributed by atoms with E-state index >= 15 is 0 Å². The summed E-state index contributed by atoms with van der Waals surface area (Å²) in [5.74, 6) is 1.20. The lowest BCUT2D eigenvalue weighted by Gasteiger charge is -2.20. The molecule has 120 valence electrons. The Morgan fingerprint density at radius 3 is 1.65 bits per heavy atom. The van der Waals surface area contributed by atoms with E-state index in [0.29, 0.717) is 0 Å². The average molecular weight is 318 g/mol. The molecule has 0 aromatic carbocycles.